The first-order chi connectivity index (χ1) is 6.77. The van der Waals surface area contributed by atoms with Gasteiger partial charge in [-0.3, -0.25) is 0 Å². The minimum absolute atomic E-state index is 0.0787. The van der Waals surface area contributed by atoms with E-state index in [-0.39, 0.29) is 6.04 Å². The largest absolute Gasteiger partial charge is 0.497 e. The van der Waals surface area contributed by atoms with Gasteiger partial charge in [-0.05, 0) is 24.6 Å². The van der Waals surface area contributed by atoms with Crippen LogP contribution < -0.4 is 10.5 Å². The molecule has 1 aromatic carbocycles. The Hall–Kier alpha value is -1.06. The van der Waals surface area contributed by atoms with E-state index in [0.29, 0.717) is 13.2 Å². The minimum atomic E-state index is -0.0787. The molecule has 0 spiro atoms. The Labute approximate surface area is 84.8 Å². The number of hydrogen-bond acceptors (Lipinski definition) is 3. The summed E-state index contributed by atoms with van der Waals surface area (Å²) in [6.07, 6.45) is 0. The molecule has 1 unspecified atom stereocenters. The van der Waals surface area contributed by atoms with Gasteiger partial charge in [0.15, 0.2) is 0 Å². The van der Waals surface area contributed by atoms with E-state index in [9.17, 15) is 0 Å². The fourth-order valence-electron chi connectivity index (χ4n) is 1.21. The van der Waals surface area contributed by atoms with Crippen molar-refractivity contribution in [1.29, 1.82) is 0 Å². The number of rotatable bonds is 5. The van der Waals surface area contributed by atoms with Crippen molar-refractivity contribution in [1.82, 2.24) is 0 Å². The predicted octanol–water partition coefficient (Wildman–Crippen LogP) is 1.73. The molecule has 3 heteroatoms. The minimum Gasteiger partial charge on any atom is -0.497 e. The fraction of sp³-hybridized carbons (Fsp3) is 0.455. The van der Waals surface area contributed by atoms with Gasteiger partial charge >= 0.3 is 0 Å². The summed E-state index contributed by atoms with van der Waals surface area (Å²) in [7, 11) is 1.65. The molecule has 0 amide bonds. The summed E-state index contributed by atoms with van der Waals surface area (Å²) in [5.41, 5.74) is 6.96. The van der Waals surface area contributed by atoms with Gasteiger partial charge in [0.1, 0.15) is 5.75 Å². The summed E-state index contributed by atoms with van der Waals surface area (Å²) in [6.45, 7) is 3.19. The monoisotopic (exact) mass is 195 g/mol. The lowest BCUT2D eigenvalue weighted by Gasteiger charge is -2.12. The van der Waals surface area contributed by atoms with Crippen LogP contribution in [0.4, 0.5) is 0 Å². The predicted molar refractivity (Wildman–Crippen MR) is 56.4 cm³/mol. The van der Waals surface area contributed by atoms with E-state index in [1.165, 1.54) is 0 Å². The molecule has 0 aliphatic rings. The normalized spacial score (nSPS) is 12.5. The number of benzene rings is 1. The quantitative estimate of drug-likeness (QED) is 0.778. The molecule has 0 radical (unpaired) electrons. The van der Waals surface area contributed by atoms with Crippen molar-refractivity contribution >= 4 is 0 Å². The maximum atomic E-state index is 5.92. The van der Waals surface area contributed by atoms with Crippen LogP contribution in [0.25, 0.3) is 0 Å². The standard InChI is InChI=1S/C11H17NO2/c1-3-14-8-11(12)9-5-4-6-10(7-9)13-2/h4-7,11H,3,8,12H2,1-2H3. The first kappa shape index (κ1) is 11.0. The third-order valence-electron chi connectivity index (χ3n) is 2.02. The molecule has 0 saturated heterocycles. The van der Waals surface area contributed by atoms with Crippen molar-refractivity contribution in [3.05, 3.63) is 29.8 Å². The Balaban J connectivity index is 2.64. The van der Waals surface area contributed by atoms with E-state index in [0.717, 1.165) is 11.3 Å². The molecule has 0 fully saturated rings. The zero-order valence-corrected chi connectivity index (χ0v) is 8.69. The van der Waals surface area contributed by atoms with Gasteiger partial charge in [0.2, 0.25) is 0 Å². The van der Waals surface area contributed by atoms with E-state index in [2.05, 4.69) is 0 Å². The molecule has 0 aliphatic heterocycles. The van der Waals surface area contributed by atoms with Crippen molar-refractivity contribution in [3.8, 4) is 5.75 Å². The maximum absolute atomic E-state index is 5.92. The van der Waals surface area contributed by atoms with Crippen molar-refractivity contribution in [2.75, 3.05) is 20.3 Å². The number of ether oxygens (including phenoxy) is 2. The molecule has 3 nitrogen and oxygen atoms in total. The summed E-state index contributed by atoms with van der Waals surface area (Å²) in [5, 5.41) is 0. The summed E-state index contributed by atoms with van der Waals surface area (Å²) in [4.78, 5) is 0. The lowest BCUT2D eigenvalue weighted by Crippen LogP contribution is -2.17. The van der Waals surface area contributed by atoms with E-state index >= 15 is 0 Å². The second kappa shape index (κ2) is 5.62. The van der Waals surface area contributed by atoms with Crippen LogP contribution in [0, 0.1) is 0 Å². The Bertz CT molecular complexity index is 276. The van der Waals surface area contributed by atoms with E-state index in [4.69, 9.17) is 15.2 Å². The van der Waals surface area contributed by atoms with Crippen LogP contribution in [-0.4, -0.2) is 20.3 Å². The Morgan fingerprint density at radius 1 is 1.43 bits per heavy atom. The Morgan fingerprint density at radius 2 is 2.21 bits per heavy atom. The molecular formula is C11H17NO2. The van der Waals surface area contributed by atoms with E-state index in [1.807, 2.05) is 31.2 Å². The van der Waals surface area contributed by atoms with Crippen LogP contribution in [-0.2, 0) is 4.74 Å². The topological polar surface area (TPSA) is 44.5 Å². The van der Waals surface area contributed by atoms with Gasteiger partial charge in [0.05, 0.1) is 19.8 Å². The zero-order chi connectivity index (χ0) is 10.4. The molecule has 14 heavy (non-hydrogen) atoms. The van der Waals surface area contributed by atoms with Gasteiger partial charge in [0, 0.05) is 6.61 Å². The van der Waals surface area contributed by atoms with Crippen LogP contribution in [0.2, 0.25) is 0 Å². The second-order valence-corrected chi connectivity index (χ2v) is 3.04. The van der Waals surface area contributed by atoms with E-state index in [1.54, 1.807) is 7.11 Å². The number of methoxy groups -OCH3 is 1. The van der Waals surface area contributed by atoms with Gasteiger partial charge in [-0.2, -0.15) is 0 Å². The van der Waals surface area contributed by atoms with Gasteiger partial charge in [-0.15, -0.1) is 0 Å². The summed E-state index contributed by atoms with van der Waals surface area (Å²) in [5.74, 6) is 0.828. The molecule has 2 N–H and O–H groups in total. The van der Waals surface area contributed by atoms with Crippen LogP contribution in [0.3, 0.4) is 0 Å². The fourth-order valence-corrected chi connectivity index (χ4v) is 1.21. The average molecular weight is 195 g/mol. The van der Waals surface area contributed by atoms with Crippen LogP contribution in [0.5, 0.6) is 5.75 Å². The van der Waals surface area contributed by atoms with Crippen LogP contribution in [0.15, 0.2) is 24.3 Å². The molecule has 0 aliphatic carbocycles. The number of nitrogens with two attached hydrogens (primary N) is 1. The van der Waals surface area contributed by atoms with Gasteiger partial charge in [0.25, 0.3) is 0 Å². The SMILES string of the molecule is CCOCC(N)c1cccc(OC)c1. The third-order valence-corrected chi connectivity index (χ3v) is 2.02. The van der Waals surface area contributed by atoms with Crippen molar-refractivity contribution in [3.63, 3.8) is 0 Å². The first-order valence-corrected chi connectivity index (χ1v) is 4.75. The highest BCUT2D eigenvalue weighted by molar-refractivity contribution is 5.30. The number of hydrogen-bond donors (Lipinski definition) is 1. The highest BCUT2D eigenvalue weighted by Gasteiger charge is 2.06. The zero-order valence-electron chi connectivity index (χ0n) is 8.69. The highest BCUT2D eigenvalue weighted by atomic mass is 16.5. The molecule has 0 heterocycles. The van der Waals surface area contributed by atoms with Crippen molar-refractivity contribution in [2.24, 2.45) is 5.73 Å². The molecule has 0 saturated carbocycles. The Morgan fingerprint density at radius 3 is 2.86 bits per heavy atom. The lowest BCUT2D eigenvalue weighted by molar-refractivity contribution is 0.133. The molecule has 0 bridgehead atoms. The maximum Gasteiger partial charge on any atom is 0.119 e. The molecule has 1 rings (SSSR count). The smallest absolute Gasteiger partial charge is 0.119 e. The first-order valence-electron chi connectivity index (χ1n) is 4.75. The van der Waals surface area contributed by atoms with Crippen LogP contribution >= 0.6 is 0 Å². The van der Waals surface area contributed by atoms with Gasteiger partial charge in [-0.25, -0.2) is 0 Å². The summed E-state index contributed by atoms with van der Waals surface area (Å²) in [6, 6.07) is 7.66. The molecule has 0 aromatic heterocycles. The van der Waals surface area contributed by atoms with Crippen molar-refractivity contribution in [2.45, 2.75) is 13.0 Å². The molecule has 1 aromatic rings. The summed E-state index contributed by atoms with van der Waals surface area (Å²) >= 11 is 0. The Kier molecular flexibility index (Phi) is 4.43. The molecule has 78 valence electrons. The van der Waals surface area contributed by atoms with Gasteiger partial charge < -0.3 is 15.2 Å². The van der Waals surface area contributed by atoms with Gasteiger partial charge in [-0.1, -0.05) is 12.1 Å². The average Bonchev–Trinajstić information content (AvgIpc) is 2.26. The van der Waals surface area contributed by atoms with Crippen LogP contribution in [0.1, 0.15) is 18.5 Å². The second-order valence-electron chi connectivity index (χ2n) is 3.04. The molecular weight excluding hydrogens is 178 g/mol. The van der Waals surface area contributed by atoms with Crippen molar-refractivity contribution < 1.29 is 9.47 Å². The third kappa shape index (κ3) is 3.01. The molecule has 1 atom stereocenters. The van der Waals surface area contributed by atoms with E-state index < -0.39 is 0 Å². The summed E-state index contributed by atoms with van der Waals surface area (Å²) < 4.78 is 10.4. The highest BCUT2D eigenvalue weighted by Crippen LogP contribution is 2.17. The lowest BCUT2D eigenvalue weighted by atomic mass is 10.1.